The van der Waals surface area contributed by atoms with E-state index in [1.54, 1.807) is 18.2 Å². The minimum atomic E-state index is -3.47. The Morgan fingerprint density at radius 3 is 2.43 bits per heavy atom. The zero-order chi connectivity index (χ0) is 22.1. The van der Waals surface area contributed by atoms with Gasteiger partial charge >= 0.3 is 0 Å². The molecule has 0 atom stereocenters. The van der Waals surface area contributed by atoms with Crippen LogP contribution < -0.4 is 19.1 Å². The highest BCUT2D eigenvalue weighted by Gasteiger charge is 2.27. The zero-order valence-corrected chi connectivity index (χ0v) is 17.5. The molecule has 0 saturated carbocycles. The number of hydrogen-bond donors (Lipinski definition) is 1. The molecule has 1 aliphatic rings. The Morgan fingerprint density at radius 2 is 1.83 bits per heavy atom. The molecule has 3 rings (SSSR count). The molecule has 0 radical (unpaired) electrons. The molecule has 2 aromatic rings. The van der Waals surface area contributed by atoms with Crippen LogP contribution in [0.25, 0.3) is 0 Å². The van der Waals surface area contributed by atoms with E-state index in [0.29, 0.717) is 24.3 Å². The van der Waals surface area contributed by atoms with Crippen molar-refractivity contribution < 1.29 is 27.6 Å². The first-order valence-corrected chi connectivity index (χ1v) is 10.8. The second-order valence-electron chi connectivity index (χ2n) is 6.72. The molecule has 11 heteroatoms. The number of fused-ring (bicyclic) bond motifs is 1. The Bertz CT molecular complexity index is 1120. The van der Waals surface area contributed by atoms with Crippen LogP contribution in [0.3, 0.4) is 0 Å². The molecule has 2 aromatic carbocycles. The lowest BCUT2D eigenvalue weighted by molar-refractivity contribution is -0.385. The zero-order valence-electron chi connectivity index (χ0n) is 16.7. The van der Waals surface area contributed by atoms with Crippen molar-refractivity contribution in [1.29, 1.82) is 0 Å². The lowest BCUT2D eigenvalue weighted by Gasteiger charge is -2.29. The lowest BCUT2D eigenvalue weighted by Crippen LogP contribution is -2.34. The minimum absolute atomic E-state index is 0.123. The van der Waals surface area contributed by atoms with Crippen LogP contribution >= 0.6 is 0 Å². The Morgan fingerprint density at radius 1 is 1.17 bits per heavy atom. The largest absolute Gasteiger partial charge is 0.493 e. The average Bonchev–Trinajstić information content (AvgIpc) is 2.71. The molecule has 0 bridgehead atoms. The van der Waals surface area contributed by atoms with Gasteiger partial charge in [-0.3, -0.25) is 19.2 Å². The van der Waals surface area contributed by atoms with Crippen LogP contribution in [0, 0.1) is 10.1 Å². The topological polar surface area (TPSA) is 128 Å². The van der Waals surface area contributed by atoms with E-state index < -0.39 is 26.5 Å². The lowest BCUT2D eigenvalue weighted by atomic mass is 10.0. The van der Waals surface area contributed by atoms with Gasteiger partial charge in [0.25, 0.3) is 11.6 Å². The number of benzene rings is 2. The molecule has 10 nitrogen and oxygen atoms in total. The number of aryl methyl sites for hydroxylation is 1. The third-order valence-corrected chi connectivity index (χ3v) is 5.94. The van der Waals surface area contributed by atoms with Gasteiger partial charge in [0.15, 0.2) is 11.5 Å². The van der Waals surface area contributed by atoms with Gasteiger partial charge in [-0.1, -0.05) is 6.07 Å². The summed E-state index contributed by atoms with van der Waals surface area (Å²) in [4.78, 5) is 23.6. The maximum atomic E-state index is 12.8. The van der Waals surface area contributed by atoms with Crippen LogP contribution in [0.2, 0.25) is 0 Å². The van der Waals surface area contributed by atoms with Gasteiger partial charge in [0, 0.05) is 18.3 Å². The van der Waals surface area contributed by atoms with Gasteiger partial charge in [0.05, 0.1) is 37.2 Å². The van der Waals surface area contributed by atoms with E-state index in [1.807, 2.05) is 0 Å². The van der Waals surface area contributed by atoms with Crippen molar-refractivity contribution in [2.24, 2.45) is 0 Å². The van der Waals surface area contributed by atoms with E-state index in [-0.39, 0.29) is 17.1 Å². The van der Waals surface area contributed by atoms with Crippen molar-refractivity contribution >= 4 is 33.0 Å². The fourth-order valence-electron chi connectivity index (χ4n) is 3.36. The molecular weight excluding hydrogens is 414 g/mol. The van der Waals surface area contributed by atoms with Crippen LogP contribution in [0.4, 0.5) is 17.1 Å². The van der Waals surface area contributed by atoms with Gasteiger partial charge in [0.1, 0.15) is 5.56 Å². The molecule has 1 heterocycles. The molecule has 1 N–H and O–H groups in total. The normalized spacial score (nSPS) is 13.4. The van der Waals surface area contributed by atoms with Crippen molar-refractivity contribution in [2.75, 3.05) is 36.6 Å². The van der Waals surface area contributed by atoms with Gasteiger partial charge in [-0.2, -0.15) is 0 Å². The molecule has 30 heavy (non-hydrogen) atoms. The fourth-order valence-corrected chi connectivity index (χ4v) is 4.35. The van der Waals surface area contributed by atoms with Crippen LogP contribution in [-0.2, 0) is 16.4 Å². The van der Waals surface area contributed by atoms with Gasteiger partial charge in [-0.25, -0.2) is 8.42 Å². The summed E-state index contributed by atoms with van der Waals surface area (Å²) in [7, 11) is -0.779. The van der Waals surface area contributed by atoms with Crippen molar-refractivity contribution in [1.82, 2.24) is 0 Å². The number of methoxy groups -OCH3 is 2. The van der Waals surface area contributed by atoms with E-state index in [1.165, 1.54) is 24.6 Å². The summed E-state index contributed by atoms with van der Waals surface area (Å²) in [6.45, 7) is 0.352. The smallest absolute Gasteiger partial charge is 0.286 e. The number of nitrogens with one attached hydrogen (secondary N) is 1. The number of sulfonamides is 1. The third-order valence-electron chi connectivity index (χ3n) is 4.76. The second-order valence-corrected chi connectivity index (χ2v) is 8.62. The number of nitro groups is 1. The number of amides is 1. The number of rotatable bonds is 6. The molecule has 1 aliphatic heterocycles. The summed E-state index contributed by atoms with van der Waals surface area (Å²) in [5.74, 6) is -0.440. The molecule has 0 fully saturated rings. The van der Waals surface area contributed by atoms with Crippen molar-refractivity contribution in [3.63, 3.8) is 0 Å². The first kappa shape index (κ1) is 21.4. The molecule has 0 saturated heterocycles. The van der Waals surface area contributed by atoms with Crippen LogP contribution in [-0.4, -0.2) is 46.3 Å². The van der Waals surface area contributed by atoms with Gasteiger partial charge in [-0.15, -0.1) is 0 Å². The molecule has 0 unspecified atom stereocenters. The first-order chi connectivity index (χ1) is 14.2. The fraction of sp³-hybridized carbons (Fsp3) is 0.316. The van der Waals surface area contributed by atoms with E-state index in [9.17, 15) is 23.3 Å². The predicted octanol–water partition coefficient (Wildman–Crippen LogP) is 2.58. The van der Waals surface area contributed by atoms with Crippen LogP contribution in [0.1, 0.15) is 22.3 Å². The van der Waals surface area contributed by atoms with Gasteiger partial charge < -0.3 is 14.8 Å². The van der Waals surface area contributed by atoms with Gasteiger partial charge in [-0.05, 0) is 30.5 Å². The molecule has 0 spiro atoms. The first-order valence-electron chi connectivity index (χ1n) is 8.98. The number of nitrogens with zero attached hydrogens (tertiary/aromatic N) is 2. The Labute approximate surface area is 173 Å². The second kappa shape index (κ2) is 8.19. The number of ether oxygens (including phenoxy) is 2. The van der Waals surface area contributed by atoms with Crippen molar-refractivity contribution in [3.05, 3.63) is 51.6 Å². The standard InChI is InChI=1S/C19H21N3O7S/c1-28-17-10-14(16(22(24)25)11-18(17)29-2)19(23)20-13-7-6-12-5-4-8-21(15(12)9-13)30(3,26)27/h6-7,9-11H,4-5,8H2,1-3H3,(H,20,23). The summed E-state index contributed by atoms with van der Waals surface area (Å²) in [5.41, 5.74) is 1.000. The monoisotopic (exact) mass is 435 g/mol. The Balaban J connectivity index is 1.98. The molecule has 0 aromatic heterocycles. The third kappa shape index (κ3) is 4.15. The molecule has 1 amide bonds. The highest BCUT2D eigenvalue weighted by molar-refractivity contribution is 7.92. The van der Waals surface area contributed by atoms with Crippen LogP contribution in [0.5, 0.6) is 11.5 Å². The highest BCUT2D eigenvalue weighted by Crippen LogP contribution is 2.36. The van der Waals surface area contributed by atoms with E-state index in [0.717, 1.165) is 24.3 Å². The maximum Gasteiger partial charge on any atom is 0.286 e. The summed E-state index contributed by atoms with van der Waals surface area (Å²) in [5, 5.41) is 14.1. The molecular formula is C19H21N3O7S. The quantitative estimate of drug-likeness (QED) is 0.545. The highest BCUT2D eigenvalue weighted by atomic mass is 32.2. The van der Waals surface area contributed by atoms with Gasteiger partial charge in [0.2, 0.25) is 10.0 Å². The molecule has 0 aliphatic carbocycles. The van der Waals surface area contributed by atoms with E-state index in [4.69, 9.17) is 9.47 Å². The Kier molecular flexibility index (Phi) is 5.83. The van der Waals surface area contributed by atoms with Crippen LogP contribution in [0.15, 0.2) is 30.3 Å². The van der Waals surface area contributed by atoms with Crippen molar-refractivity contribution in [2.45, 2.75) is 12.8 Å². The summed E-state index contributed by atoms with van der Waals surface area (Å²) in [6.07, 6.45) is 2.54. The minimum Gasteiger partial charge on any atom is -0.493 e. The SMILES string of the molecule is COc1cc(C(=O)Nc2ccc3c(c2)N(S(C)(=O)=O)CCC3)c([N+](=O)[O-])cc1OC. The molecule has 160 valence electrons. The van der Waals surface area contributed by atoms with Crippen molar-refractivity contribution in [3.8, 4) is 11.5 Å². The Hall–Kier alpha value is -3.34. The summed E-state index contributed by atoms with van der Waals surface area (Å²) >= 11 is 0. The average molecular weight is 435 g/mol. The van der Waals surface area contributed by atoms with E-state index in [2.05, 4.69) is 5.32 Å². The number of nitro benzene ring substituents is 1. The number of hydrogen-bond acceptors (Lipinski definition) is 7. The summed E-state index contributed by atoms with van der Waals surface area (Å²) in [6, 6.07) is 7.28. The summed E-state index contributed by atoms with van der Waals surface area (Å²) < 4.78 is 35.7. The number of anilines is 2. The van der Waals surface area contributed by atoms with E-state index >= 15 is 0 Å². The number of carbonyl (C=O) groups is 1. The maximum absolute atomic E-state index is 12.8. The predicted molar refractivity (Wildman–Crippen MR) is 111 cm³/mol. The number of carbonyl (C=O) groups excluding carboxylic acids is 1.